The molecule has 0 heterocycles. The van der Waals surface area contributed by atoms with Gasteiger partial charge in [0.25, 0.3) is 0 Å². The molecule has 0 amide bonds. The monoisotopic (exact) mass is 208 g/mol. The second-order valence-electron chi connectivity index (χ2n) is 3.12. The molecule has 0 bridgehead atoms. The van der Waals surface area contributed by atoms with Gasteiger partial charge in [-0.25, -0.2) is 0 Å². The van der Waals surface area contributed by atoms with E-state index in [1.807, 2.05) is 25.1 Å². The lowest BCUT2D eigenvalue weighted by Gasteiger charge is -2.10. The molecule has 3 N–H and O–H groups in total. The SMILES string of the molecule is CCOc1ccc(CC(=N)N)cc1OC. The van der Waals surface area contributed by atoms with Gasteiger partial charge in [-0.1, -0.05) is 6.07 Å². The second kappa shape index (κ2) is 5.24. The van der Waals surface area contributed by atoms with Gasteiger partial charge in [0.1, 0.15) is 0 Å². The van der Waals surface area contributed by atoms with E-state index in [0.29, 0.717) is 24.5 Å². The Labute approximate surface area is 89.5 Å². The van der Waals surface area contributed by atoms with Gasteiger partial charge in [-0.05, 0) is 24.6 Å². The van der Waals surface area contributed by atoms with Crippen molar-refractivity contribution in [2.45, 2.75) is 13.3 Å². The molecule has 0 radical (unpaired) electrons. The van der Waals surface area contributed by atoms with Gasteiger partial charge in [0.15, 0.2) is 11.5 Å². The second-order valence-corrected chi connectivity index (χ2v) is 3.12. The predicted molar refractivity (Wildman–Crippen MR) is 59.8 cm³/mol. The Hall–Kier alpha value is -1.71. The topological polar surface area (TPSA) is 68.3 Å². The summed E-state index contributed by atoms with van der Waals surface area (Å²) in [5.74, 6) is 1.53. The molecule has 0 saturated carbocycles. The van der Waals surface area contributed by atoms with Gasteiger partial charge in [-0.15, -0.1) is 0 Å². The summed E-state index contributed by atoms with van der Waals surface area (Å²) < 4.78 is 10.6. The van der Waals surface area contributed by atoms with Crippen LogP contribution in [0.3, 0.4) is 0 Å². The molecule has 0 fully saturated rings. The molecule has 4 nitrogen and oxygen atoms in total. The highest BCUT2D eigenvalue weighted by Crippen LogP contribution is 2.28. The van der Waals surface area contributed by atoms with Crippen molar-refractivity contribution in [1.82, 2.24) is 0 Å². The van der Waals surface area contributed by atoms with Crippen LogP contribution in [0.2, 0.25) is 0 Å². The third kappa shape index (κ3) is 3.16. The number of hydrogen-bond acceptors (Lipinski definition) is 3. The van der Waals surface area contributed by atoms with E-state index in [9.17, 15) is 0 Å². The Balaban J connectivity index is 2.91. The maximum atomic E-state index is 7.20. The zero-order valence-electron chi connectivity index (χ0n) is 9.04. The lowest BCUT2D eigenvalue weighted by atomic mass is 10.1. The van der Waals surface area contributed by atoms with E-state index in [2.05, 4.69) is 0 Å². The van der Waals surface area contributed by atoms with Crippen LogP contribution in [0.15, 0.2) is 18.2 Å². The Morgan fingerprint density at radius 1 is 1.40 bits per heavy atom. The minimum Gasteiger partial charge on any atom is -0.493 e. The first-order valence-corrected chi connectivity index (χ1v) is 4.80. The van der Waals surface area contributed by atoms with Crippen molar-refractivity contribution >= 4 is 5.84 Å². The number of benzene rings is 1. The van der Waals surface area contributed by atoms with E-state index in [-0.39, 0.29) is 5.84 Å². The molecule has 0 spiro atoms. The lowest BCUT2D eigenvalue weighted by Crippen LogP contribution is -2.12. The number of nitrogens with one attached hydrogen (secondary N) is 1. The molecule has 15 heavy (non-hydrogen) atoms. The van der Waals surface area contributed by atoms with Gasteiger partial charge < -0.3 is 15.2 Å². The minimum atomic E-state index is 0.140. The summed E-state index contributed by atoms with van der Waals surface area (Å²) in [4.78, 5) is 0. The Kier molecular flexibility index (Phi) is 3.97. The van der Waals surface area contributed by atoms with E-state index >= 15 is 0 Å². The van der Waals surface area contributed by atoms with Crippen molar-refractivity contribution in [2.75, 3.05) is 13.7 Å². The van der Waals surface area contributed by atoms with Crippen LogP contribution in [0.4, 0.5) is 0 Å². The molecule has 0 aliphatic heterocycles. The van der Waals surface area contributed by atoms with Crippen molar-refractivity contribution in [3.63, 3.8) is 0 Å². The van der Waals surface area contributed by atoms with Crippen LogP contribution in [0, 0.1) is 5.41 Å². The Morgan fingerprint density at radius 2 is 2.13 bits per heavy atom. The van der Waals surface area contributed by atoms with Gasteiger partial charge in [0, 0.05) is 6.42 Å². The maximum Gasteiger partial charge on any atom is 0.161 e. The third-order valence-corrected chi connectivity index (χ3v) is 1.92. The summed E-state index contributed by atoms with van der Waals surface area (Å²) in [7, 11) is 1.59. The van der Waals surface area contributed by atoms with Gasteiger partial charge >= 0.3 is 0 Å². The molecule has 1 rings (SSSR count). The molecule has 1 aromatic carbocycles. The van der Waals surface area contributed by atoms with Crippen LogP contribution in [0.1, 0.15) is 12.5 Å². The van der Waals surface area contributed by atoms with Crippen molar-refractivity contribution in [3.8, 4) is 11.5 Å². The zero-order chi connectivity index (χ0) is 11.3. The standard InChI is InChI=1S/C11H16N2O2/c1-3-15-9-5-4-8(7-11(12)13)6-10(9)14-2/h4-6H,3,7H2,1-2H3,(H3,12,13). The fraction of sp³-hybridized carbons (Fsp3) is 0.364. The van der Waals surface area contributed by atoms with Crippen molar-refractivity contribution in [1.29, 1.82) is 5.41 Å². The first-order valence-electron chi connectivity index (χ1n) is 4.80. The average molecular weight is 208 g/mol. The summed E-state index contributed by atoms with van der Waals surface area (Å²) in [6, 6.07) is 5.56. The average Bonchev–Trinajstić information content (AvgIpc) is 2.20. The van der Waals surface area contributed by atoms with Crippen LogP contribution >= 0.6 is 0 Å². The third-order valence-electron chi connectivity index (χ3n) is 1.92. The number of nitrogens with two attached hydrogens (primary N) is 1. The van der Waals surface area contributed by atoms with E-state index in [1.54, 1.807) is 7.11 Å². The van der Waals surface area contributed by atoms with Gasteiger partial charge in [0.05, 0.1) is 19.6 Å². The molecule has 0 aliphatic carbocycles. The first-order chi connectivity index (χ1) is 7.17. The summed E-state index contributed by atoms with van der Waals surface area (Å²) in [5.41, 5.74) is 6.27. The van der Waals surface area contributed by atoms with Gasteiger partial charge in [-0.2, -0.15) is 0 Å². The van der Waals surface area contributed by atoms with Crippen LogP contribution in [0.25, 0.3) is 0 Å². The van der Waals surface area contributed by atoms with Gasteiger partial charge in [-0.3, -0.25) is 5.41 Å². The maximum absolute atomic E-state index is 7.20. The summed E-state index contributed by atoms with van der Waals surface area (Å²) in [6.45, 7) is 2.52. The van der Waals surface area contributed by atoms with Crippen LogP contribution < -0.4 is 15.2 Å². The smallest absolute Gasteiger partial charge is 0.161 e. The van der Waals surface area contributed by atoms with Crippen LogP contribution in [-0.2, 0) is 6.42 Å². The fourth-order valence-electron chi connectivity index (χ4n) is 1.32. The van der Waals surface area contributed by atoms with Crippen molar-refractivity contribution in [2.24, 2.45) is 5.73 Å². The number of ether oxygens (including phenoxy) is 2. The van der Waals surface area contributed by atoms with E-state index in [0.717, 1.165) is 5.56 Å². The minimum absolute atomic E-state index is 0.140. The van der Waals surface area contributed by atoms with E-state index in [1.165, 1.54) is 0 Å². The molecule has 0 atom stereocenters. The quantitative estimate of drug-likeness (QED) is 0.570. The number of amidine groups is 1. The van der Waals surface area contributed by atoms with E-state index in [4.69, 9.17) is 20.6 Å². The molecular formula is C11H16N2O2. The van der Waals surface area contributed by atoms with E-state index < -0.39 is 0 Å². The lowest BCUT2D eigenvalue weighted by molar-refractivity contribution is 0.311. The summed E-state index contributed by atoms with van der Waals surface area (Å²) >= 11 is 0. The first kappa shape index (κ1) is 11.4. The van der Waals surface area contributed by atoms with Crippen molar-refractivity contribution < 1.29 is 9.47 Å². The largest absolute Gasteiger partial charge is 0.493 e. The number of rotatable bonds is 5. The Bertz CT molecular complexity index is 350. The van der Waals surface area contributed by atoms with Crippen LogP contribution in [-0.4, -0.2) is 19.6 Å². The van der Waals surface area contributed by atoms with Gasteiger partial charge in [0.2, 0.25) is 0 Å². The predicted octanol–water partition coefficient (Wildman–Crippen LogP) is 1.57. The fourth-order valence-corrected chi connectivity index (χ4v) is 1.32. The van der Waals surface area contributed by atoms with Crippen LogP contribution in [0.5, 0.6) is 11.5 Å². The summed E-state index contributed by atoms with van der Waals surface area (Å²) in [6.07, 6.45) is 0.433. The highest BCUT2D eigenvalue weighted by atomic mass is 16.5. The molecular weight excluding hydrogens is 192 g/mol. The number of methoxy groups -OCH3 is 1. The van der Waals surface area contributed by atoms with Crippen molar-refractivity contribution in [3.05, 3.63) is 23.8 Å². The highest BCUT2D eigenvalue weighted by Gasteiger charge is 2.05. The molecule has 0 aromatic heterocycles. The highest BCUT2D eigenvalue weighted by molar-refractivity contribution is 5.79. The molecule has 0 aliphatic rings. The zero-order valence-corrected chi connectivity index (χ0v) is 9.04. The molecule has 0 saturated heterocycles. The normalized spacial score (nSPS) is 9.73. The Morgan fingerprint density at radius 3 is 2.67 bits per heavy atom. The molecule has 0 unspecified atom stereocenters. The molecule has 1 aromatic rings. The number of hydrogen-bond donors (Lipinski definition) is 2. The molecule has 4 heteroatoms. The summed E-state index contributed by atoms with van der Waals surface area (Å²) in [5, 5.41) is 7.20. The molecule has 82 valence electrons.